The minimum Gasteiger partial charge on any atom is -0.390 e. The van der Waals surface area contributed by atoms with Crippen LogP contribution in [0.2, 0.25) is 0 Å². The maximum atomic E-state index is 12.1. The molecule has 1 heterocycles. The second kappa shape index (κ2) is 9.87. The van der Waals surface area contributed by atoms with E-state index in [1.54, 1.807) is 0 Å². The lowest BCUT2D eigenvalue weighted by atomic mass is 10.1. The van der Waals surface area contributed by atoms with Gasteiger partial charge in [0.2, 0.25) is 5.91 Å². The Bertz CT molecular complexity index is 527. The number of nitrogens with one attached hydrogen (secondary N) is 1. The molecule has 140 valence electrons. The van der Waals surface area contributed by atoms with Gasteiger partial charge in [0.15, 0.2) is 0 Å². The van der Waals surface area contributed by atoms with Crippen LogP contribution in [0.5, 0.6) is 0 Å². The minimum absolute atomic E-state index is 0.0186. The molecule has 1 amide bonds. The third-order valence-electron chi connectivity index (χ3n) is 4.61. The Hall–Kier alpha value is -1.47. The SMILES string of the molecule is Cc1ccc(CNC(=O)CN(C)CC(O)CN2CCN(C)CC2)cc1. The Balaban J connectivity index is 1.63. The van der Waals surface area contributed by atoms with Crippen LogP contribution in [0, 0.1) is 6.92 Å². The van der Waals surface area contributed by atoms with Crippen LogP contribution in [0.25, 0.3) is 0 Å². The highest BCUT2D eigenvalue weighted by atomic mass is 16.3. The first kappa shape index (κ1) is 19.8. The molecule has 6 heteroatoms. The Labute approximate surface area is 151 Å². The highest BCUT2D eigenvalue weighted by Crippen LogP contribution is 2.03. The fourth-order valence-corrected chi connectivity index (χ4v) is 3.02. The van der Waals surface area contributed by atoms with E-state index in [0.717, 1.165) is 31.7 Å². The summed E-state index contributed by atoms with van der Waals surface area (Å²) in [6.07, 6.45) is -0.432. The fourth-order valence-electron chi connectivity index (χ4n) is 3.02. The van der Waals surface area contributed by atoms with Crippen molar-refractivity contribution >= 4 is 5.91 Å². The monoisotopic (exact) mass is 348 g/mol. The highest BCUT2D eigenvalue weighted by molar-refractivity contribution is 5.77. The lowest BCUT2D eigenvalue weighted by Gasteiger charge is -2.34. The summed E-state index contributed by atoms with van der Waals surface area (Å²) in [4.78, 5) is 18.5. The lowest BCUT2D eigenvalue weighted by molar-refractivity contribution is -0.122. The number of amides is 1. The standard InChI is InChI=1S/C19H32N4O2/c1-16-4-6-17(7-5-16)12-20-19(25)15-22(3)13-18(24)14-23-10-8-21(2)9-11-23/h4-7,18,24H,8-15H2,1-3H3,(H,20,25). The summed E-state index contributed by atoms with van der Waals surface area (Å²) in [5.41, 5.74) is 2.31. The maximum absolute atomic E-state index is 12.1. The van der Waals surface area contributed by atoms with E-state index in [9.17, 15) is 9.90 Å². The largest absolute Gasteiger partial charge is 0.390 e. The van der Waals surface area contributed by atoms with E-state index in [0.29, 0.717) is 26.2 Å². The van der Waals surface area contributed by atoms with Crippen LogP contribution in [0.4, 0.5) is 0 Å². The maximum Gasteiger partial charge on any atom is 0.234 e. The molecule has 1 aliphatic heterocycles. The summed E-state index contributed by atoms with van der Waals surface area (Å²) in [6, 6.07) is 8.14. The lowest BCUT2D eigenvalue weighted by Crippen LogP contribution is -2.49. The molecule has 1 aromatic rings. The number of piperazine rings is 1. The van der Waals surface area contributed by atoms with E-state index in [4.69, 9.17) is 0 Å². The van der Waals surface area contributed by atoms with Gasteiger partial charge >= 0.3 is 0 Å². The molecule has 0 bridgehead atoms. The molecule has 0 saturated carbocycles. The minimum atomic E-state index is -0.432. The number of β-amino-alcohol motifs (C(OH)–C–C–N with tert-alkyl or cyclic N) is 1. The number of hydrogen-bond donors (Lipinski definition) is 2. The van der Waals surface area contributed by atoms with Crippen LogP contribution in [0.1, 0.15) is 11.1 Å². The first-order valence-electron chi connectivity index (χ1n) is 9.02. The Morgan fingerprint density at radius 1 is 1.24 bits per heavy atom. The van der Waals surface area contributed by atoms with E-state index in [1.807, 2.05) is 43.1 Å². The highest BCUT2D eigenvalue weighted by Gasteiger charge is 2.18. The number of likely N-dealkylation sites (N-methyl/N-ethyl adjacent to an activating group) is 2. The Kier molecular flexibility index (Phi) is 7.84. The van der Waals surface area contributed by atoms with E-state index < -0.39 is 6.10 Å². The molecule has 1 fully saturated rings. The summed E-state index contributed by atoms with van der Waals surface area (Å²) >= 11 is 0. The van der Waals surface area contributed by atoms with Crippen molar-refractivity contribution in [2.45, 2.75) is 19.6 Å². The normalized spacial score (nSPS) is 17.6. The van der Waals surface area contributed by atoms with Crippen LogP contribution < -0.4 is 5.32 Å². The smallest absolute Gasteiger partial charge is 0.234 e. The van der Waals surface area contributed by atoms with Gasteiger partial charge in [0, 0.05) is 45.8 Å². The summed E-state index contributed by atoms with van der Waals surface area (Å²) in [5, 5.41) is 13.2. The van der Waals surface area contributed by atoms with Crippen molar-refractivity contribution in [2.24, 2.45) is 0 Å². The third-order valence-corrected chi connectivity index (χ3v) is 4.61. The van der Waals surface area contributed by atoms with Crippen LogP contribution in [0.3, 0.4) is 0 Å². The summed E-state index contributed by atoms with van der Waals surface area (Å²) in [7, 11) is 4.00. The van der Waals surface area contributed by atoms with Gasteiger partial charge in [-0.15, -0.1) is 0 Å². The summed E-state index contributed by atoms with van der Waals surface area (Å²) in [5.74, 6) is -0.0186. The number of aliphatic hydroxyl groups excluding tert-OH is 1. The number of hydrogen-bond acceptors (Lipinski definition) is 5. The summed E-state index contributed by atoms with van der Waals surface area (Å²) in [6.45, 7) is 8.14. The zero-order valence-corrected chi connectivity index (χ0v) is 15.7. The van der Waals surface area contributed by atoms with Crippen molar-refractivity contribution in [1.82, 2.24) is 20.0 Å². The molecule has 1 aliphatic rings. The molecule has 1 saturated heterocycles. The molecule has 1 atom stereocenters. The van der Waals surface area contributed by atoms with Crippen molar-refractivity contribution in [2.75, 3.05) is 59.9 Å². The number of carbonyl (C=O) groups excluding carboxylic acids is 1. The van der Waals surface area contributed by atoms with E-state index >= 15 is 0 Å². The zero-order chi connectivity index (χ0) is 18.2. The molecule has 0 spiro atoms. The Morgan fingerprint density at radius 2 is 1.88 bits per heavy atom. The summed E-state index contributed by atoms with van der Waals surface area (Å²) < 4.78 is 0. The van der Waals surface area contributed by atoms with Gasteiger partial charge in [0.25, 0.3) is 0 Å². The van der Waals surface area contributed by atoms with Crippen molar-refractivity contribution in [3.63, 3.8) is 0 Å². The number of aryl methyl sites for hydroxylation is 1. The average Bonchev–Trinajstić information content (AvgIpc) is 2.56. The molecule has 2 N–H and O–H groups in total. The van der Waals surface area contributed by atoms with Gasteiger partial charge in [-0.05, 0) is 26.6 Å². The van der Waals surface area contributed by atoms with Crippen LogP contribution in [-0.4, -0.2) is 91.7 Å². The van der Waals surface area contributed by atoms with Gasteiger partial charge in [-0.2, -0.15) is 0 Å². The molecule has 0 aromatic heterocycles. The number of rotatable bonds is 8. The first-order chi connectivity index (χ1) is 11.9. The van der Waals surface area contributed by atoms with E-state index in [-0.39, 0.29) is 5.91 Å². The van der Waals surface area contributed by atoms with Gasteiger partial charge < -0.3 is 15.3 Å². The van der Waals surface area contributed by atoms with Gasteiger partial charge in [0.05, 0.1) is 12.6 Å². The fraction of sp³-hybridized carbons (Fsp3) is 0.632. The Morgan fingerprint density at radius 3 is 2.52 bits per heavy atom. The molecule has 2 rings (SSSR count). The molecule has 0 aliphatic carbocycles. The van der Waals surface area contributed by atoms with Crippen LogP contribution in [-0.2, 0) is 11.3 Å². The number of carbonyl (C=O) groups is 1. The second-order valence-electron chi connectivity index (χ2n) is 7.22. The van der Waals surface area contributed by atoms with Gasteiger partial charge in [-0.3, -0.25) is 14.6 Å². The third kappa shape index (κ3) is 7.52. The van der Waals surface area contributed by atoms with Gasteiger partial charge in [-0.1, -0.05) is 29.8 Å². The molecule has 1 aromatic carbocycles. The molecular formula is C19H32N4O2. The number of nitrogens with zero attached hydrogens (tertiary/aromatic N) is 3. The van der Waals surface area contributed by atoms with Gasteiger partial charge in [-0.25, -0.2) is 0 Å². The molecule has 25 heavy (non-hydrogen) atoms. The average molecular weight is 348 g/mol. The van der Waals surface area contributed by atoms with Crippen molar-refractivity contribution < 1.29 is 9.90 Å². The van der Waals surface area contributed by atoms with Crippen molar-refractivity contribution in [1.29, 1.82) is 0 Å². The quantitative estimate of drug-likeness (QED) is 0.700. The second-order valence-corrected chi connectivity index (χ2v) is 7.22. The van der Waals surface area contributed by atoms with Crippen molar-refractivity contribution in [3.05, 3.63) is 35.4 Å². The topological polar surface area (TPSA) is 59.1 Å². The van der Waals surface area contributed by atoms with Gasteiger partial charge in [0.1, 0.15) is 0 Å². The molecule has 6 nitrogen and oxygen atoms in total. The predicted octanol–water partition coefficient (Wildman–Crippen LogP) is 0.151. The zero-order valence-electron chi connectivity index (χ0n) is 15.7. The van der Waals surface area contributed by atoms with E-state index in [1.165, 1.54) is 5.56 Å². The molecular weight excluding hydrogens is 316 g/mol. The predicted molar refractivity (Wildman–Crippen MR) is 100 cm³/mol. The van der Waals surface area contributed by atoms with E-state index in [2.05, 4.69) is 22.2 Å². The number of aliphatic hydroxyl groups is 1. The molecule has 0 radical (unpaired) electrons. The molecule has 1 unspecified atom stereocenters. The number of benzene rings is 1. The first-order valence-corrected chi connectivity index (χ1v) is 9.02. The van der Waals surface area contributed by atoms with Crippen molar-refractivity contribution in [3.8, 4) is 0 Å². The van der Waals surface area contributed by atoms with Crippen LogP contribution >= 0.6 is 0 Å². The van der Waals surface area contributed by atoms with Crippen LogP contribution in [0.15, 0.2) is 24.3 Å².